The molecule has 94 valence electrons. The number of hydrogen-bond acceptors (Lipinski definition) is 3. The molecule has 0 heterocycles. The van der Waals surface area contributed by atoms with E-state index >= 15 is 0 Å². The van der Waals surface area contributed by atoms with Crippen molar-refractivity contribution >= 4 is 11.8 Å². The fraction of sp³-hybridized carbons (Fsp3) is 0.714. The molecule has 0 saturated carbocycles. The minimum Gasteiger partial charge on any atom is -0.449 e. The molecule has 0 aromatic carbocycles. The van der Waals surface area contributed by atoms with Crippen LogP contribution in [0.25, 0.3) is 0 Å². The molecule has 17 heavy (non-hydrogen) atoms. The lowest BCUT2D eigenvalue weighted by molar-refractivity contribution is -0.144. The van der Waals surface area contributed by atoms with Crippen molar-refractivity contribution in [2.24, 2.45) is 0 Å². The number of Topliss-reactive ketones (excluding diaryl/α,β-unsaturated/α-hetero) is 1. The van der Waals surface area contributed by atoms with Crippen LogP contribution in [-0.2, 0) is 14.3 Å². The van der Waals surface area contributed by atoms with Crippen molar-refractivity contribution in [1.82, 2.24) is 0 Å². The lowest BCUT2D eigenvalue weighted by Crippen LogP contribution is -2.14. The lowest BCUT2D eigenvalue weighted by Gasteiger charge is -2.11. The highest BCUT2D eigenvalue weighted by atomic mass is 16.5. The Balaban J connectivity index is 2.57. The monoisotopic (exact) mass is 236 g/mol. The maximum Gasteiger partial charge on any atom is 0.303 e. The second kappa shape index (κ2) is 7.89. The molecule has 0 fully saturated rings. The molecule has 0 N–H and O–H groups in total. The Hall–Kier alpha value is -1.30. The number of ketones is 1. The Labute approximate surface area is 103 Å². The van der Waals surface area contributed by atoms with Gasteiger partial charge in [0.25, 0.3) is 0 Å². The third-order valence-corrected chi connectivity index (χ3v) is 2.80. The molecular formula is C14H20O3. The van der Waals surface area contributed by atoms with Crippen molar-refractivity contribution in [2.45, 2.75) is 64.4 Å². The van der Waals surface area contributed by atoms with E-state index < -0.39 is 6.10 Å². The van der Waals surface area contributed by atoms with E-state index in [-0.39, 0.29) is 11.8 Å². The van der Waals surface area contributed by atoms with Crippen molar-refractivity contribution in [3.63, 3.8) is 0 Å². The van der Waals surface area contributed by atoms with Gasteiger partial charge in [-0.3, -0.25) is 9.59 Å². The average molecular weight is 236 g/mol. The first-order valence-corrected chi connectivity index (χ1v) is 6.40. The van der Waals surface area contributed by atoms with Crippen molar-refractivity contribution in [2.75, 3.05) is 0 Å². The highest BCUT2D eigenvalue weighted by Crippen LogP contribution is 2.12. The zero-order chi connectivity index (χ0) is 12.5. The van der Waals surface area contributed by atoms with Gasteiger partial charge in [-0.2, -0.15) is 0 Å². The van der Waals surface area contributed by atoms with Gasteiger partial charge in [-0.25, -0.2) is 0 Å². The zero-order valence-corrected chi connectivity index (χ0v) is 10.5. The highest BCUT2D eigenvalue weighted by molar-refractivity contribution is 5.95. The lowest BCUT2D eigenvalue weighted by atomic mass is 10.0. The smallest absolute Gasteiger partial charge is 0.303 e. The van der Waals surface area contributed by atoms with Crippen molar-refractivity contribution in [3.05, 3.63) is 0 Å². The topological polar surface area (TPSA) is 43.4 Å². The van der Waals surface area contributed by atoms with Crippen LogP contribution in [0.1, 0.15) is 58.3 Å². The molecule has 0 saturated heterocycles. The van der Waals surface area contributed by atoms with Gasteiger partial charge in [0.2, 0.25) is 5.78 Å². The first-order chi connectivity index (χ1) is 8.18. The molecule has 0 bridgehead atoms. The predicted molar refractivity (Wildman–Crippen MR) is 65.3 cm³/mol. The summed E-state index contributed by atoms with van der Waals surface area (Å²) in [4.78, 5) is 22.3. The van der Waals surface area contributed by atoms with E-state index in [1.54, 1.807) is 0 Å². The van der Waals surface area contributed by atoms with E-state index in [1.807, 2.05) is 0 Å². The van der Waals surface area contributed by atoms with Gasteiger partial charge in [0, 0.05) is 13.3 Å². The van der Waals surface area contributed by atoms with Crippen LogP contribution in [-0.4, -0.2) is 17.9 Å². The number of rotatable bonds is 1. The summed E-state index contributed by atoms with van der Waals surface area (Å²) in [6.45, 7) is 1.37. The van der Waals surface area contributed by atoms with Gasteiger partial charge >= 0.3 is 5.97 Å². The molecule has 1 atom stereocenters. The van der Waals surface area contributed by atoms with E-state index in [4.69, 9.17) is 4.74 Å². The van der Waals surface area contributed by atoms with Crippen LogP contribution in [0.3, 0.4) is 0 Å². The van der Waals surface area contributed by atoms with Crippen LogP contribution in [0.5, 0.6) is 0 Å². The molecule has 0 aromatic rings. The van der Waals surface area contributed by atoms with E-state index in [9.17, 15) is 9.59 Å². The Morgan fingerprint density at radius 1 is 1.18 bits per heavy atom. The fourth-order valence-electron chi connectivity index (χ4n) is 1.91. The van der Waals surface area contributed by atoms with Gasteiger partial charge in [0.05, 0.1) is 0 Å². The Morgan fingerprint density at radius 2 is 1.82 bits per heavy atom. The van der Waals surface area contributed by atoms with Gasteiger partial charge < -0.3 is 4.74 Å². The van der Waals surface area contributed by atoms with Crippen molar-refractivity contribution in [1.29, 1.82) is 0 Å². The van der Waals surface area contributed by atoms with Gasteiger partial charge in [-0.15, -0.1) is 0 Å². The molecule has 0 radical (unpaired) electrons. The van der Waals surface area contributed by atoms with Crippen LogP contribution in [0.4, 0.5) is 0 Å². The van der Waals surface area contributed by atoms with E-state index in [1.165, 1.54) is 19.8 Å². The molecule has 1 aliphatic carbocycles. The maximum atomic E-state index is 11.4. The zero-order valence-electron chi connectivity index (χ0n) is 10.5. The number of carbonyl (C=O) groups excluding carboxylic acids is 2. The second-order valence-corrected chi connectivity index (χ2v) is 4.45. The van der Waals surface area contributed by atoms with Crippen LogP contribution < -0.4 is 0 Å². The summed E-state index contributed by atoms with van der Waals surface area (Å²) in [6, 6.07) is 0. The summed E-state index contributed by atoms with van der Waals surface area (Å²) in [6.07, 6.45) is 7.41. The Kier molecular flexibility index (Phi) is 6.39. The van der Waals surface area contributed by atoms with Crippen molar-refractivity contribution < 1.29 is 14.3 Å². The first kappa shape index (κ1) is 13.8. The quantitative estimate of drug-likeness (QED) is 0.399. The van der Waals surface area contributed by atoms with Crippen LogP contribution >= 0.6 is 0 Å². The molecule has 0 aliphatic heterocycles. The van der Waals surface area contributed by atoms with E-state index in [2.05, 4.69) is 11.8 Å². The Morgan fingerprint density at radius 3 is 2.53 bits per heavy atom. The van der Waals surface area contributed by atoms with Gasteiger partial charge in [-0.05, 0) is 25.2 Å². The number of ether oxygens (including phenoxy) is 1. The molecule has 0 aromatic heterocycles. The standard InChI is InChI=1S/C14H20O3/c1-12(15)17-14-9-7-5-3-2-4-6-8-13(16)10-11-14/h14H,2-9H2,1H3. The summed E-state index contributed by atoms with van der Waals surface area (Å²) in [5.74, 6) is 5.00. The molecule has 1 unspecified atom stereocenters. The van der Waals surface area contributed by atoms with Crippen LogP contribution in [0.15, 0.2) is 0 Å². The maximum absolute atomic E-state index is 11.4. The third-order valence-electron chi connectivity index (χ3n) is 2.80. The molecular weight excluding hydrogens is 216 g/mol. The fourth-order valence-corrected chi connectivity index (χ4v) is 1.91. The molecule has 3 nitrogen and oxygen atoms in total. The normalized spacial score (nSPS) is 22.6. The van der Waals surface area contributed by atoms with Gasteiger partial charge in [0.1, 0.15) is 0 Å². The van der Waals surface area contributed by atoms with Gasteiger partial charge in [-0.1, -0.05) is 31.6 Å². The molecule has 3 heteroatoms. The SMILES string of the molecule is CC(=O)OC1C#CC(=O)CCCCCCCC1. The molecule has 1 aliphatic rings. The molecule has 0 amide bonds. The van der Waals surface area contributed by atoms with E-state index in [0.29, 0.717) is 6.42 Å². The number of carbonyl (C=O) groups is 2. The predicted octanol–water partition coefficient (Wildman–Crippen LogP) is 2.63. The average Bonchev–Trinajstić information content (AvgIpc) is 2.26. The number of esters is 1. The summed E-state index contributed by atoms with van der Waals surface area (Å²) in [5, 5.41) is 0. The molecule has 0 spiro atoms. The first-order valence-electron chi connectivity index (χ1n) is 6.40. The minimum absolute atomic E-state index is 0.0391. The largest absolute Gasteiger partial charge is 0.449 e. The molecule has 1 rings (SSSR count). The summed E-state index contributed by atoms with van der Waals surface area (Å²) < 4.78 is 5.08. The van der Waals surface area contributed by atoms with Crippen LogP contribution in [0, 0.1) is 11.8 Å². The Bertz CT molecular complexity index is 322. The summed E-state index contributed by atoms with van der Waals surface area (Å²) in [5.41, 5.74) is 0. The highest BCUT2D eigenvalue weighted by Gasteiger charge is 2.09. The van der Waals surface area contributed by atoms with E-state index in [0.717, 1.165) is 32.1 Å². The van der Waals surface area contributed by atoms with Gasteiger partial charge in [0.15, 0.2) is 6.10 Å². The van der Waals surface area contributed by atoms with Crippen LogP contribution in [0.2, 0.25) is 0 Å². The number of hydrogen-bond donors (Lipinski definition) is 0. The third kappa shape index (κ3) is 6.78. The minimum atomic E-state index is -0.407. The summed E-state index contributed by atoms with van der Waals surface area (Å²) in [7, 11) is 0. The summed E-state index contributed by atoms with van der Waals surface area (Å²) >= 11 is 0. The second-order valence-electron chi connectivity index (χ2n) is 4.45. The van der Waals surface area contributed by atoms with Crippen molar-refractivity contribution in [3.8, 4) is 11.8 Å².